The summed E-state index contributed by atoms with van der Waals surface area (Å²) in [6.07, 6.45) is 3.67. The van der Waals surface area contributed by atoms with Crippen LogP contribution in [-0.2, 0) is 0 Å². The Kier molecular flexibility index (Phi) is 8.20. The highest BCUT2D eigenvalue weighted by atomic mass is 15.5. The van der Waals surface area contributed by atoms with Gasteiger partial charge in [0.1, 0.15) is 6.17 Å². The van der Waals surface area contributed by atoms with Crippen molar-refractivity contribution in [3.05, 3.63) is 72.6 Å². The SMILES string of the molecule is CC.CC.Cc1ccccc1N1c2nccnc2N(c2ccccc2)C1C(C)C. The van der Waals surface area contributed by atoms with E-state index in [1.54, 1.807) is 12.4 Å². The Morgan fingerprint density at radius 2 is 1.24 bits per heavy atom. The van der Waals surface area contributed by atoms with E-state index in [1.165, 1.54) is 11.3 Å². The van der Waals surface area contributed by atoms with Crippen molar-refractivity contribution < 1.29 is 0 Å². The number of anilines is 4. The van der Waals surface area contributed by atoms with Crippen molar-refractivity contribution in [2.75, 3.05) is 9.80 Å². The van der Waals surface area contributed by atoms with Gasteiger partial charge in [-0.2, -0.15) is 0 Å². The summed E-state index contributed by atoms with van der Waals surface area (Å²) in [4.78, 5) is 14.0. The zero-order valence-corrected chi connectivity index (χ0v) is 18.8. The number of aryl methyl sites for hydroxylation is 1. The van der Waals surface area contributed by atoms with E-state index in [1.807, 2.05) is 33.8 Å². The third-order valence-corrected chi connectivity index (χ3v) is 4.65. The van der Waals surface area contributed by atoms with Crippen LogP contribution < -0.4 is 9.80 Å². The second-order valence-corrected chi connectivity index (χ2v) is 6.72. The topological polar surface area (TPSA) is 32.3 Å². The normalized spacial score (nSPS) is 14.6. The van der Waals surface area contributed by atoms with Crippen molar-refractivity contribution in [1.82, 2.24) is 9.97 Å². The quantitative estimate of drug-likeness (QED) is 0.477. The van der Waals surface area contributed by atoms with Gasteiger partial charge in [0, 0.05) is 23.8 Å². The number of nitrogens with zero attached hydrogens (tertiary/aromatic N) is 4. The molecule has 1 atom stereocenters. The molecule has 0 bridgehead atoms. The van der Waals surface area contributed by atoms with Crippen LogP contribution in [0.4, 0.5) is 23.0 Å². The summed E-state index contributed by atoms with van der Waals surface area (Å²) >= 11 is 0. The lowest BCUT2D eigenvalue weighted by molar-refractivity contribution is 0.504. The number of aromatic nitrogens is 2. The van der Waals surface area contributed by atoms with Crippen LogP contribution in [-0.4, -0.2) is 16.1 Å². The zero-order chi connectivity index (χ0) is 21.4. The van der Waals surface area contributed by atoms with Crippen LogP contribution in [0.1, 0.15) is 47.1 Å². The average Bonchev–Trinajstić information content (AvgIpc) is 3.13. The van der Waals surface area contributed by atoms with Gasteiger partial charge in [0.2, 0.25) is 0 Å². The molecule has 0 amide bonds. The predicted molar refractivity (Wildman–Crippen MR) is 125 cm³/mol. The lowest BCUT2D eigenvalue weighted by atomic mass is 10.1. The third-order valence-electron chi connectivity index (χ3n) is 4.65. The molecule has 2 heterocycles. The third kappa shape index (κ3) is 4.42. The molecule has 0 N–H and O–H groups in total. The van der Waals surface area contributed by atoms with E-state index in [0.29, 0.717) is 5.92 Å². The van der Waals surface area contributed by atoms with Gasteiger partial charge in [0.15, 0.2) is 11.6 Å². The molecular weight excluding hydrogens is 356 g/mol. The van der Waals surface area contributed by atoms with E-state index < -0.39 is 0 Å². The summed E-state index contributed by atoms with van der Waals surface area (Å²) in [7, 11) is 0. The maximum atomic E-state index is 4.69. The zero-order valence-electron chi connectivity index (χ0n) is 18.8. The highest BCUT2D eigenvalue weighted by Gasteiger charge is 2.41. The molecule has 1 unspecified atom stereocenters. The Balaban J connectivity index is 0.000000707. The van der Waals surface area contributed by atoms with Crippen molar-refractivity contribution in [2.45, 2.75) is 54.6 Å². The van der Waals surface area contributed by atoms with Crippen LogP contribution in [0, 0.1) is 12.8 Å². The first-order valence-electron chi connectivity index (χ1n) is 10.7. The highest BCUT2D eigenvalue weighted by molar-refractivity contribution is 5.84. The van der Waals surface area contributed by atoms with Gasteiger partial charge in [-0.15, -0.1) is 0 Å². The highest BCUT2D eigenvalue weighted by Crippen LogP contribution is 2.47. The Morgan fingerprint density at radius 1 is 0.724 bits per heavy atom. The minimum absolute atomic E-state index is 0.126. The van der Waals surface area contributed by atoms with Crippen molar-refractivity contribution in [3.8, 4) is 0 Å². The van der Waals surface area contributed by atoms with Crippen molar-refractivity contribution in [1.29, 1.82) is 0 Å². The smallest absolute Gasteiger partial charge is 0.178 e. The van der Waals surface area contributed by atoms with Gasteiger partial charge in [0.05, 0.1) is 0 Å². The van der Waals surface area contributed by atoms with Crippen molar-refractivity contribution in [3.63, 3.8) is 0 Å². The number of hydrogen-bond donors (Lipinski definition) is 0. The van der Waals surface area contributed by atoms with E-state index in [-0.39, 0.29) is 6.17 Å². The first-order valence-corrected chi connectivity index (χ1v) is 10.7. The van der Waals surface area contributed by atoms with Crippen molar-refractivity contribution in [2.24, 2.45) is 5.92 Å². The van der Waals surface area contributed by atoms with Crippen LogP contribution in [0.5, 0.6) is 0 Å². The van der Waals surface area contributed by atoms with Gasteiger partial charge < -0.3 is 9.80 Å². The van der Waals surface area contributed by atoms with Gasteiger partial charge >= 0.3 is 0 Å². The van der Waals surface area contributed by atoms with E-state index in [9.17, 15) is 0 Å². The molecule has 1 aliphatic heterocycles. The monoisotopic (exact) mass is 390 g/mol. The molecule has 0 saturated carbocycles. The largest absolute Gasteiger partial charge is 0.302 e. The van der Waals surface area contributed by atoms with Crippen LogP contribution in [0.25, 0.3) is 0 Å². The Labute approximate surface area is 176 Å². The molecule has 0 saturated heterocycles. The Bertz CT molecular complexity index is 877. The van der Waals surface area contributed by atoms with E-state index in [0.717, 1.165) is 17.3 Å². The van der Waals surface area contributed by atoms with Crippen LogP contribution in [0.2, 0.25) is 0 Å². The van der Waals surface area contributed by atoms with Gasteiger partial charge in [-0.05, 0) is 36.6 Å². The molecule has 4 heteroatoms. The molecule has 29 heavy (non-hydrogen) atoms. The van der Waals surface area contributed by atoms with Crippen LogP contribution in [0.15, 0.2) is 67.0 Å². The molecule has 0 fully saturated rings. The van der Waals surface area contributed by atoms with E-state index in [4.69, 9.17) is 0 Å². The molecule has 0 aliphatic carbocycles. The van der Waals surface area contributed by atoms with Gasteiger partial charge in [-0.3, -0.25) is 0 Å². The maximum absolute atomic E-state index is 4.69. The van der Waals surface area contributed by atoms with E-state index in [2.05, 4.69) is 89.1 Å². The summed E-state index contributed by atoms with van der Waals surface area (Å²) in [6, 6.07) is 18.9. The molecular formula is C25H34N4. The molecule has 0 radical (unpaired) electrons. The average molecular weight is 391 g/mol. The maximum Gasteiger partial charge on any atom is 0.178 e. The fourth-order valence-electron chi connectivity index (χ4n) is 3.58. The molecule has 2 aromatic carbocycles. The second kappa shape index (κ2) is 10.6. The predicted octanol–water partition coefficient (Wildman–Crippen LogP) is 7.11. The number of hydrogen-bond acceptors (Lipinski definition) is 4. The molecule has 4 nitrogen and oxygen atoms in total. The molecule has 1 aliphatic rings. The summed E-state index contributed by atoms with van der Waals surface area (Å²) in [5, 5.41) is 0. The molecule has 1 aromatic heterocycles. The molecule has 4 rings (SSSR count). The van der Waals surface area contributed by atoms with Crippen molar-refractivity contribution >= 4 is 23.0 Å². The fourth-order valence-corrected chi connectivity index (χ4v) is 3.58. The summed E-state index contributed by atoms with van der Waals surface area (Å²) in [6.45, 7) is 14.6. The first-order chi connectivity index (χ1) is 14.2. The summed E-state index contributed by atoms with van der Waals surface area (Å²) in [5.74, 6) is 2.21. The first kappa shape index (κ1) is 22.4. The van der Waals surface area contributed by atoms with E-state index >= 15 is 0 Å². The Hall–Kier alpha value is -2.88. The van der Waals surface area contributed by atoms with Gasteiger partial charge in [-0.25, -0.2) is 9.97 Å². The standard InChI is InChI=1S/C21H22N4.2C2H6/c1-15(2)21-24(17-10-5-4-6-11-17)19-20(23-14-13-22-19)25(21)18-12-8-7-9-16(18)3;2*1-2/h4-15,21H,1-3H3;2*1-2H3. The molecule has 3 aromatic rings. The number of rotatable bonds is 3. The Morgan fingerprint density at radius 3 is 1.79 bits per heavy atom. The minimum atomic E-state index is 0.126. The summed E-state index contributed by atoms with van der Waals surface area (Å²) in [5.41, 5.74) is 3.56. The molecule has 0 spiro atoms. The van der Waals surface area contributed by atoms with Crippen LogP contribution >= 0.6 is 0 Å². The minimum Gasteiger partial charge on any atom is -0.302 e. The van der Waals surface area contributed by atoms with Gasteiger partial charge in [-0.1, -0.05) is 77.9 Å². The van der Waals surface area contributed by atoms with Crippen LogP contribution in [0.3, 0.4) is 0 Å². The number of fused-ring (bicyclic) bond motifs is 1. The fraction of sp³-hybridized carbons (Fsp3) is 0.360. The lowest BCUT2D eigenvalue weighted by Crippen LogP contribution is -2.42. The second-order valence-electron chi connectivity index (χ2n) is 6.72. The lowest BCUT2D eigenvalue weighted by Gasteiger charge is -2.35. The summed E-state index contributed by atoms with van der Waals surface area (Å²) < 4.78 is 0. The molecule has 154 valence electrons. The van der Waals surface area contributed by atoms with Gasteiger partial charge in [0.25, 0.3) is 0 Å². The number of para-hydroxylation sites is 2. The number of benzene rings is 2.